The van der Waals surface area contributed by atoms with E-state index in [4.69, 9.17) is 5.11 Å². The van der Waals surface area contributed by atoms with Crippen LogP contribution in [0, 0.1) is 10.1 Å². The molecule has 90 valence electrons. The Kier molecular flexibility index (Phi) is 4.16. The fraction of sp³-hybridized carbons (Fsp3) is 0.111. The number of carboxylic acid groups (broad SMARTS) is 1. The van der Waals surface area contributed by atoms with Gasteiger partial charge < -0.3 is 10.4 Å². The van der Waals surface area contributed by atoms with Gasteiger partial charge in [0.25, 0.3) is 0 Å². The fourth-order valence-electron chi connectivity index (χ4n) is 1.05. The maximum Gasteiger partial charge on any atom is 0.342 e. The third-order valence-corrected chi connectivity index (χ3v) is 2.05. The van der Waals surface area contributed by atoms with Crippen LogP contribution in [0.4, 0.5) is 11.5 Å². The van der Waals surface area contributed by atoms with Crippen LogP contribution < -0.4 is 5.32 Å². The molecule has 0 bridgehead atoms. The Bertz CT molecular complexity index is 489. The molecular formula is C9H8BrN3O4. The molecule has 1 aromatic heterocycles. The van der Waals surface area contributed by atoms with Gasteiger partial charge in [0.1, 0.15) is 17.6 Å². The summed E-state index contributed by atoms with van der Waals surface area (Å²) in [6, 6.07) is 1.11. The van der Waals surface area contributed by atoms with Crippen LogP contribution in [-0.2, 0) is 0 Å². The maximum absolute atomic E-state index is 10.8. The summed E-state index contributed by atoms with van der Waals surface area (Å²) in [5.41, 5.74) is -0.951. The van der Waals surface area contributed by atoms with Crippen LogP contribution in [0.25, 0.3) is 0 Å². The first-order valence-corrected chi connectivity index (χ1v) is 5.16. The van der Waals surface area contributed by atoms with E-state index in [1.807, 2.05) is 0 Å². The number of carbonyl (C=O) groups is 1. The molecule has 0 spiro atoms. The SMILES string of the molecule is C=C(Br)CNc1cc(C(=O)O)c([N+](=O)[O-])cn1. The number of nitrogens with zero attached hydrogens (tertiary/aromatic N) is 2. The van der Waals surface area contributed by atoms with Gasteiger partial charge in [-0.1, -0.05) is 22.5 Å². The van der Waals surface area contributed by atoms with Crippen LogP contribution in [0.1, 0.15) is 10.4 Å². The van der Waals surface area contributed by atoms with E-state index in [2.05, 4.69) is 32.8 Å². The summed E-state index contributed by atoms with van der Waals surface area (Å²) in [4.78, 5) is 24.3. The van der Waals surface area contributed by atoms with E-state index in [9.17, 15) is 14.9 Å². The molecule has 0 aliphatic heterocycles. The Morgan fingerprint density at radius 1 is 1.71 bits per heavy atom. The second kappa shape index (κ2) is 5.39. The summed E-state index contributed by atoms with van der Waals surface area (Å²) in [5, 5.41) is 22.2. The highest BCUT2D eigenvalue weighted by molar-refractivity contribution is 9.11. The lowest BCUT2D eigenvalue weighted by atomic mass is 10.2. The van der Waals surface area contributed by atoms with Crippen molar-refractivity contribution in [2.24, 2.45) is 0 Å². The van der Waals surface area contributed by atoms with Crippen molar-refractivity contribution in [3.05, 3.63) is 39.0 Å². The summed E-state index contributed by atoms with van der Waals surface area (Å²) < 4.78 is 0.648. The van der Waals surface area contributed by atoms with Gasteiger partial charge in [0.2, 0.25) is 0 Å². The molecule has 0 saturated carbocycles. The lowest BCUT2D eigenvalue weighted by Gasteiger charge is -2.05. The molecule has 0 aliphatic rings. The number of carboxylic acids is 1. The van der Waals surface area contributed by atoms with Gasteiger partial charge in [0, 0.05) is 17.1 Å². The summed E-state index contributed by atoms with van der Waals surface area (Å²) in [6.07, 6.45) is 0.906. The average Bonchev–Trinajstić information content (AvgIpc) is 2.25. The number of hydrogen-bond acceptors (Lipinski definition) is 5. The number of halogens is 1. The lowest BCUT2D eigenvalue weighted by molar-refractivity contribution is -0.385. The second-order valence-electron chi connectivity index (χ2n) is 3.02. The van der Waals surface area contributed by atoms with E-state index in [0.29, 0.717) is 11.0 Å². The Hall–Kier alpha value is -1.96. The molecule has 7 nitrogen and oxygen atoms in total. The Balaban J connectivity index is 3.05. The molecule has 0 amide bonds. The molecule has 0 aliphatic carbocycles. The summed E-state index contributed by atoms with van der Waals surface area (Å²) in [5.74, 6) is -1.14. The molecule has 0 unspecified atom stereocenters. The largest absolute Gasteiger partial charge is 0.477 e. The highest BCUT2D eigenvalue weighted by atomic mass is 79.9. The molecule has 1 rings (SSSR count). The van der Waals surface area contributed by atoms with Crippen molar-refractivity contribution in [2.45, 2.75) is 0 Å². The fourth-order valence-corrected chi connectivity index (χ4v) is 1.19. The second-order valence-corrected chi connectivity index (χ2v) is 4.14. The van der Waals surface area contributed by atoms with Crippen LogP contribution in [0.2, 0.25) is 0 Å². The van der Waals surface area contributed by atoms with Crippen LogP contribution in [-0.4, -0.2) is 27.5 Å². The van der Waals surface area contributed by atoms with E-state index in [1.165, 1.54) is 0 Å². The minimum absolute atomic E-state index is 0.230. The Morgan fingerprint density at radius 3 is 2.82 bits per heavy atom. The summed E-state index contributed by atoms with van der Waals surface area (Å²) >= 11 is 3.11. The summed E-state index contributed by atoms with van der Waals surface area (Å²) in [6.45, 7) is 3.91. The van der Waals surface area contributed by atoms with Crippen molar-refractivity contribution in [1.29, 1.82) is 0 Å². The molecule has 0 aromatic carbocycles. The van der Waals surface area contributed by atoms with E-state index in [1.54, 1.807) is 0 Å². The zero-order valence-electron chi connectivity index (χ0n) is 8.51. The average molecular weight is 302 g/mol. The third kappa shape index (κ3) is 3.52. The molecule has 0 atom stereocenters. The van der Waals surface area contributed by atoms with Gasteiger partial charge in [-0.25, -0.2) is 9.78 Å². The van der Waals surface area contributed by atoms with Crippen LogP contribution in [0.15, 0.2) is 23.3 Å². The monoisotopic (exact) mass is 301 g/mol. The van der Waals surface area contributed by atoms with Crippen molar-refractivity contribution in [3.8, 4) is 0 Å². The van der Waals surface area contributed by atoms with E-state index in [0.717, 1.165) is 12.3 Å². The predicted octanol–water partition coefficient (Wildman–Crippen LogP) is 2.01. The number of aromatic nitrogens is 1. The molecule has 0 saturated heterocycles. The molecule has 8 heteroatoms. The van der Waals surface area contributed by atoms with Gasteiger partial charge in [-0.15, -0.1) is 0 Å². The Labute approximate surface area is 104 Å². The number of aromatic carboxylic acids is 1. The summed E-state index contributed by atoms with van der Waals surface area (Å²) in [7, 11) is 0. The first kappa shape index (κ1) is 13.1. The lowest BCUT2D eigenvalue weighted by Crippen LogP contribution is -2.07. The maximum atomic E-state index is 10.8. The molecule has 0 fully saturated rings. The van der Waals surface area contributed by atoms with Crippen molar-refractivity contribution in [2.75, 3.05) is 11.9 Å². The van der Waals surface area contributed by atoms with Crippen molar-refractivity contribution < 1.29 is 14.8 Å². The minimum Gasteiger partial charge on any atom is -0.477 e. The smallest absolute Gasteiger partial charge is 0.342 e. The van der Waals surface area contributed by atoms with E-state index in [-0.39, 0.29) is 5.82 Å². The van der Waals surface area contributed by atoms with Crippen LogP contribution in [0.3, 0.4) is 0 Å². The number of nitrogens with one attached hydrogen (secondary N) is 1. The topological polar surface area (TPSA) is 105 Å². The van der Waals surface area contributed by atoms with Gasteiger partial charge in [-0.2, -0.15) is 0 Å². The molecule has 2 N–H and O–H groups in total. The van der Waals surface area contributed by atoms with Gasteiger partial charge in [-0.3, -0.25) is 10.1 Å². The first-order valence-electron chi connectivity index (χ1n) is 4.36. The number of anilines is 1. The van der Waals surface area contributed by atoms with Crippen molar-refractivity contribution in [3.63, 3.8) is 0 Å². The van der Waals surface area contributed by atoms with E-state index >= 15 is 0 Å². The quantitative estimate of drug-likeness (QED) is 0.636. The number of rotatable bonds is 5. The molecule has 17 heavy (non-hydrogen) atoms. The molecule has 0 radical (unpaired) electrons. The van der Waals surface area contributed by atoms with Crippen molar-refractivity contribution in [1.82, 2.24) is 4.98 Å². The number of hydrogen-bond donors (Lipinski definition) is 2. The predicted molar refractivity (Wildman–Crippen MR) is 64.4 cm³/mol. The highest BCUT2D eigenvalue weighted by Gasteiger charge is 2.20. The highest BCUT2D eigenvalue weighted by Crippen LogP contribution is 2.20. The zero-order valence-corrected chi connectivity index (χ0v) is 10.1. The van der Waals surface area contributed by atoms with Crippen LogP contribution in [0.5, 0.6) is 0 Å². The minimum atomic E-state index is -1.38. The van der Waals surface area contributed by atoms with Gasteiger partial charge in [-0.05, 0) is 0 Å². The molecular weight excluding hydrogens is 294 g/mol. The van der Waals surface area contributed by atoms with Gasteiger partial charge >= 0.3 is 11.7 Å². The normalized spacial score (nSPS) is 9.71. The number of pyridine rings is 1. The van der Waals surface area contributed by atoms with Crippen LogP contribution >= 0.6 is 15.9 Å². The number of nitro groups is 1. The van der Waals surface area contributed by atoms with Gasteiger partial charge in [0.05, 0.1) is 4.92 Å². The first-order chi connectivity index (χ1) is 7.91. The molecule has 1 aromatic rings. The third-order valence-electron chi connectivity index (χ3n) is 1.77. The standard InChI is InChI=1S/C9H8BrN3O4/c1-5(10)3-11-8-2-6(9(14)15)7(4-12-8)13(16)17/h2,4H,1,3H2,(H,11,12)(H,14,15). The zero-order chi connectivity index (χ0) is 13.0. The van der Waals surface area contributed by atoms with Crippen molar-refractivity contribution >= 4 is 33.4 Å². The van der Waals surface area contributed by atoms with Gasteiger partial charge in [0.15, 0.2) is 0 Å². The Morgan fingerprint density at radius 2 is 2.35 bits per heavy atom. The van der Waals surface area contributed by atoms with E-state index < -0.39 is 22.1 Å². The molecule has 1 heterocycles.